The Balaban J connectivity index is 0.00000320. The second-order valence-electron chi connectivity index (χ2n) is 7.30. The molecule has 1 fully saturated rings. The van der Waals surface area contributed by atoms with Crippen molar-refractivity contribution in [1.29, 1.82) is 0 Å². The molecule has 0 spiro atoms. The van der Waals surface area contributed by atoms with Crippen molar-refractivity contribution in [2.24, 2.45) is 4.99 Å². The van der Waals surface area contributed by atoms with Crippen molar-refractivity contribution in [2.45, 2.75) is 19.9 Å². The Morgan fingerprint density at radius 2 is 1.73 bits per heavy atom. The molecule has 1 saturated heterocycles. The first-order chi connectivity index (χ1) is 14.2. The van der Waals surface area contributed by atoms with Gasteiger partial charge in [-0.2, -0.15) is 0 Å². The summed E-state index contributed by atoms with van der Waals surface area (Å²) in [5.74, 6) is 0.572. The Hall–Kier alpha value is -1.87. The summed E-state index contributed by atoms with van der Waals surface area (Å²) in [6, 6.07) is 15.9. The van der Waals surface area contributed by atoms with Crippen LogP contribution in [0.25, 0.3) is 0 Å². The van der Waals surface area contributed by atoms with Gasteiger partial charge in [-0.15, -0.1) is 24.0 Å². The highest BCUT2D eigenvalue weighted by molar-refractivity contribution is 14.0. The SMILES string of the molecule is CCN1CCN(c2ccc(CNC(=NC)NCCc3ccccc3)cc2F)CC1.I. The van der Waals surface area contributed by atoms with Crippen molar-refractivity contribution in [1.82, 2.24) is 15.5 Å². The number of likely N-dealkylation sites (N-methyl/N-ethyl adjacent to an activating group) is 1. The molecule has 1 heterocycles. The molecule has 0 amide bonds. The highest BCUT2D eigenvalue weighted by atomic mass is 127. The second kappa shape index (κ2) is 12.7. The molecule has 2 N–H and O–H groups in total. The van der Waals surface area contributed by atoms with Crippen molar-refractivity contribution in [3.63, 3.8) is 0 Å². The topological polar surface area (TPSA) is 42.9 Å². The Bertz CT molecular complexity index is 791. The molecule has 0 atom stereocenters. The van der Waals surface area contributed by atoms with Crippen LogP contribution in [0.3, 0.4) is 0 Å². The van der Waals surface area contributed by atoms with E-state index in [0.29, 0.717) is 12.2 Å². The van der Waals surface area contributed by atoms with E-state index in [-0.39, 0.29) is 29.8 Å². The second-order valence-corrected chi connectivity index (χ2v) is 7.30. The molecule has 2 aromatic rings. The molecule has 1 aliphatic rings. The quantitative estimate of drug-likeness (QED) is 0.330. The first-order valence-electron chi connectivity index (χ1n) is 10.4. The first-order valence-corrected chi connectivity index (χ1v) is 10.4. The monoisotopic (exact) mass is 525 g/mol. The molecule has 164 valence electrons. The number of piperazine rings is 1. The minimum atomic E-state index is -0.152. The van der Waals surface area contributed by atoms with E-state index in [1.54, 1.807) is 13.1 Å². The fourth-order valence-corrected chi connectivity index (χ4v) is 3.60. The molecule has 0 aromatic heterocycles. The number of halogens is 2. The summed E-state index contributed by atoms with van der Waals surface area (Å²) < 4.78 is 14.7. The van der Waals surface area contributed by atoms with Crippen LogP contribution in [-0.4, -0.2) is 57.2 Å². The van der Waals surface area contributed by atoms with E-state index in [2.05, 4.69) is 44.5 Å². The van der Waals surface area contributed by atoms with Gasteiger partial charge in [-0.1, -0.05) is 43.3 Å². The zero-order valence-electron chi connectivity index (χ0n) is 17.9. The lowest BCUT2D eigenvalue weighted by Crippen LogP contribution is -2.46. The molecule has 0 aliphatic carbocycles. The van der Waals surface area contributed by atoms with Gasteiger partial charge < -0.3 is 20.4 Å². The third-order valence-electron chi connectivity index (χ3n) is 5.40. The van der Waals surface area contributed by atoms with Crippen LogP contribution in [-0.2, 0) is 13.0 Å². The van der Waals surface area contributed by atoms with Gasteiger partial charge in [0.05, 0.1) is 5.69 Å². The molecule has 5 nitrogen and oxygen atoms in total. The van der Waals surface area contributed by atoms with Crippen LogP contribution in [0.1, 0.15) is 18.1 Å². The summed E-state index contributed by atoms with van der Waals surface area (Å²) in [6.07, 6.45) is 0.927. The third-order valence-corrected chi connectivity index (χ3v) is 5.40. The maximum Gasteiger partial charge on any atom is 0.191 e. The molecule has 3 rings (SSSR count). The summed E-state index contributed by atoms with van der Waals surface area (Å²) in [6.45, 7) is 8.28. The highest BCUT2D eigenvalue weighted by Gasteiger charge is 2.18. The molecule has 0 unspecified atom stereocenters. The van der Waals surface area contributed by atoms with E-state index < -0.39 is 0 Å². The maximum atomic E-state index is 14.7. The number of aliphatic imine (C=N–C) groups is 1. The number of anilines is 1. The van der Waals surface area contributed by atoms with Gasteiger partial charge in [-0.25, -0.2) is 4.39 Å². The largest absolute Gasteiger partial charge is 0.367 e. The van der Waals surface area contributed by atoms with Crippen molar-refractivity contribution >= 4 is 35.6 Å². The molecule has 1 aliphatic heterocycles. The Labute approximate surface area is 196 Å². The van der Waals surface area contributed by atoms with E-state index in [9.17, 15) is 4.39 Å². The Morgan fingerprint density at radius 1 is 1.00 bits per heavy atom. The average molecular weight is 525 g/mol. The minimum Gasteiger partial charge on any atom is -0.367 e. The summed E-state index contributed by atoms with van der Waals surface area (Å²) >= 11 is 0. The summed E-state index contributed by atoms with van der Waals surface area (Å²) in [5, 5.41) is 6.57. The number of guanidine groups is 1. The predicted octanol–water partition coefficient (Wildman–Crippen LogP) is 3.49. The highest BCUT2D eigenvalue weighted by Crippen LogP contribution is 2.22. The lowest BCUT2D eigenvalue weighted by molar-refractivity contribution is 0.270. The van der Waals surface area contributed by atoms with E-state index in [0.717, 1.165) is 57.2 Å². The molecule has 0 radical (unpaired) electrons. The van der Waals surface area contributed by atoms with Gasteiger partial charge in [0, 0.05) is 46.3 Å². The molecule has 0 saturated carbocycles. The van der Waals surface area contributed by atoms with Crippen LogP contribution in [0.4, 0.5) is 10.1 Å². The van der Waals surface area contributed by atoms with Crippen molar-refractivity contribution < 1.29 is 4.39 Å². The molecule has 7 heteroatoms. The van der Waals surface area contributed by atoms with Crippen LogP contribution in [0.15, 0.2) is 53.5 Å². The predicted molar refractivity (Wildman–Crippen MR) is 134 cm³/mol. The summed E-state index contributed by atoms with van der Waals surface area (Å²) in [7, 11) is 1.75. The van der Waals surface area contributed by atoms with E-state index in [1.165, 1.54) is 5.56 Å². The number of rotatable bonds is 7. The van der Waals surface area contributed by atoms with Crippen LogP contribution < -0.4 is 15.5 Å². The van der Waals surface area contributed by atoms with Gasteiger partial charge in [0.15, 0.2) is 5.96 Å². The number of hydrogen-bond acceptors (Lipinski definition) is 3. The van der Waals surface area contributed by atoms with Gasteiger partial charge in [0.1, 0.15) is 5.82 Å². The van der Waals surface area contributed by atoms with Crippen LogP contribution >= 0.6 is 24.0 Å². The number of hydrogen-bond donors (Lipinski definition) is 2. The molecule has 30 heavy (non-hydrogen) atoms. The summed E-state index contributed by atoms with van der Waals surface area (Å²) in [5.41, 5.74) is 2.90. The fourth-order valence-electron chi connectivity index (χ4n) is 3.60. The maximum absolute atomic E-state index is 14.7. The third kappa shape index (κ3) is 7.12. The fraction of sp³-hybridized carbons (Fsp3) is 0.435. The van der Waals surface area contributed by atoms with Crippen LogP contribution in [0.2, 0.25) is 0 Å². The van der Waals surface area contributed by atoms with E-state index in [4.69, 9.17) is 0 Å². The number of benzene rings is 2. The first kappa shape index (κ1) is 24.4. The van der Waals surface area contributed by atoms with Gasteiger partial charge >= 0.3 is 0 Å². The smallest absolute Gasteiger partial charge is 0.191 e. The number of nitrogens with zero attached hydrogens (tertiary/aromatic N) is 3. The molecule has 2 aromatic carbocycles. The van der Waals surface area contributed by atoms with Gasteiger partial charge in [0.2, 0.25) is 0 Å². The van der Waals surface area contributed by atoms with E-state index >= 15 is 0 Å². The van der Waals surface area contributed by atoms with Gasteiger partial charge in [0.25, 0.3) is 0 Å². The minimum absolute atomic E-state index is 0. The number of nitrogens with one attached hydrogen (secondary N) is 2. The average Bonchev–Trinajstić information content (AvgIpc) is 2.77. The van der Waals surface area contributed by atoms with Gasteiger partial charge in [-0.3, -0.25) is 4.99 Å². The van der Waals surface area contributed by atoms with E-state index in [1.807, 2.05) is 30.3 Å². The molecule has 0 bridgehead atoms. The molecular weight excluding hydrogens is 492 g/mol. The zero-order chi connectivity index (χ0) is 20.5. The van der Waals surface area contributed by atoms with Gasteiger partial charge in [-0.05, 0) is 36.2 Å². The normalized spacial score (nSPS) is 14.9. The van der Waals surface area contributed by atoms with Crippen LogP contribution in [0.5, 0.6) is 0 Å². The Morgan fingerprint density at radius 3 is 2.37 bits per heavy atom. The van der Waals surface area contributed by atoms with Crippen molar-refractivity contribution in [2.75, 3.05) is 51.2 Å². The lowest BCUT2D eigenvalue weighted by atomic mass is 10.1. The van der Waals surface area contributed by atoms with Crippen molar-refractivity contribution in [3.05, 3.63) is 65.5 Å². The Kier molecular flexibility index (Phi) is 10.4. The zero-order valence-corrected chi connectivity index (χ0v) is 20.2. The standard InChI is InChI=1S/C23H32FN5.HI/c1-3-28-13-15-29(16-14-28)22-10-9-20(17-21(22)24)18-27-23(25-2)26-12-11-19-7-5-4-6-8-19;/h4-10,17H,3,11-16,18H2,1-2H3,(H2,25,26,27);1H. The molecular formula is C23H33FIN5. The van der Waals surface area contributed by atoms with Crippen molar-refractivity contribution in [3.8, 4) is 0 Å². The lowest BCUT2D eigenvalue weighted by Gasteiger charge is -2.35. The van der Waals surface area contributed by atoms with Crippen LogP contribution in [0, 0.1) is 5.82 Å². The summed E-state index contributed by atoms with van der Waals surface area (Å²) in [4.78, 5) is 8.78.